The smallest absolute Gasteiger partial charge is 0.0990 e. The van der Waals surface area contributed by atoms with Crippen LogP contribution in [0.1, 0.15) is 142 Å². The number of hydrogen-bond acceptors (Lipinski definition) is 3. The zero-order valence-corrected chi connectivity index (χ0v) is 20.6. The van der Waals surface area contributed by atoms with Gasteiger partial charge < -0.3 is 10.6 Å². The molecule has 1 heterocycles. The Bertz CT molecular complexity index is 380. The number of hydrogen-bond donors (Lipinski definition) is 1. The van der Waals surface area contributed by atoms with Crippen molar-refractivity contribution in [1.29, 1.82) is 0 Å². The molecule has 0 amide bonds. The third kappa shape index (κ3) is 16.2. The first-order valence-corrected chi connectivity index (χ1v) is 13.9. The summed E-state index contributed by atoms with van der Waals surface area (Å²) < 4.78 is 0. The Balaban J connectivity index is 1.70. The van der Waals surface area contributed by atoms with E-state index in [0.29, 0.717) is 0 Å². The third-order valence-electron chi connectivity index (χ3n) is 6.68. The zero-order chi connectivity index (χ0) is 21.5. The second-order valence-corrected chi connectivity index (χ2v) is 9.54. The van der Waals surface area contributed by atoms with Crippen LogP contribution in [0.15, 0.2) is 4.99 Å². The molecule has 30 heavy (non-hydrogen) atoms. The molecule has 0 aromatic rings. The average Bonchev–Trinajstić information content (AvgIpc) is 3.19. The van der Waals surface area contributed by atoms with Gasteiger partial charge in [0.15, 0.2) is 0 Å². The number of rotatable bonds is 23. The van der Waals surface area contributed by atoms with Crippen molar-refractivity contribution >= 4 is 5.84 Å². The van der Waals surface area contributed by atoms with Crippen LogP contribution in [-0.4, -0.2) is 36.9 Å². The Labute approximate surface area is 189 Å². The second kappa shape index (κ2) is 21.7. The number of aliphatic imine (C=N–C) groups is 1. The monoisotopic (exact) mass is 421 g/mol. The Kier molecular flexibility index (Phi) is 19.8. The van der Waals surface area contributed by atoms with Gasteiger partial charge in [0.05, 0.1) is 12.4 Å². The number of unbranched alkanes of at least 4 members (excludes halogenated alkanes) is 19. The molecule has 0 aliphatic carbocycles. The minimum atomic E-state index is 0.748. The first kappa shape index (κ1) is 27.5. The van der Waals surface area contributed by atoms with E-state index in [-0.39, 0.29) is 0 Å². The number of nitrogens with zero attached hydrogens (tertiary/aromatic N) is 2. The van der Waals surface area contributed by atoms with Gasteiger partial charge in [-0.05, 0) is 6.42 Å². The van der Waals surface area contributed by atoms with Crippen LogP contribution in [0.3, 0.4) is 0 Å². The second-order valence-electron chi connectivity index (χ2n) is 9.54. The van der Waals surface area contributed by atoms with Crippen LogP contribution in [0, 0.1) is 0 Å². The summed E-state index contributed by atoms with van der Waals surface area (Å²) >= 11 is 0. The fraction of sp³-hybridized carbons (Fsp3) is 0.963. The van der Waals surface area contributed by atoms with Crippen molar-refractivity contribution < 1.29 is 0 Å². The molecule has 0 unspecified atom stereocenters. The molecule has 0 atom stereocenters. The molecule has 3 nitrogen and oxygen atoms in total. The van der Waals surface area contributed by atoms with Gasteiger partial charge in [0.2, 0.25) is 0 Å². The predicted molar refractivity (Wildman–Crippen MR) is 136 cm³/mol. The quantitative estimate of drug-likeness (QED) is 0.170. The highest BCUT2D eigenvalue weighted by Crippen LogP contribution is 2.15. The van der Waals surface area contributed by atoms with Gasteiger partial charge in [-0.15, -0.1) is 0 Å². The van der Waals surface area contributed by atoms with Gasteiger partial charge in [-0.25, -0.2) is 0 Å². The molecule has 1 rings (SSSR count). The van der Waals surface area contributed by atoms with Gasteiger partial charge in [-0.3, -0.25) is 4.99 Å². The van der Waals surface area contributed by atoms with Crippen LogP contribution >= 0.6 is 0 Å². The Morgan fingerprint density at radius 1 is 0.633 bits per heavy atom. The first-order valence-electron chi connectivity index (χ1n) is 13.9. The number of amidine groups is 1. The Morgan fingerprint density at radius 3 is 1.43 bits per heavy atom. The SMILES string of the molecule is CCCCCCCCCCCCCCCCCCCCCCC1=NCCN1CCN. The maximum atomic E-state index is 5.68. The van der Waals surface area contributed by atoms with Crippen LogP contribution in [-0.2, 0) is 0 Å². The van der Waals surface area contributed by atoms with Crippen molar-refractivity contribution in [2.24, 2.45) is 10.7 Å². The van der Waals surface area contributed by atoms with Crippen LogP contribution in [0.4, 0.5) is 0 Å². The lowest BCUT2D eigenvalue weighted by Crippen LogP contribution is -2.32. The van der Waals surface area contributed by atoms with Crippen molar-refractivity contribution in [2.45, 2.75) is 142 Å². The summed E-state index contributed by atoms with van der Waals surface area (Å²) in [5.74, 6) is 1.32. The molecule has 0 spiro atoms. The van der Waals surface area contributed by atoms with E-state index >= 15 is 0 Å². The van der Waals surface area contributed by atoms with Gasteiger partial charge in [0.25, 0.3) is 0 Å². The highest BCUT2D eigenvalue weighted by molar-refractivity contribution is 5.83. The summed E-state index contributed by atoms with van der Waals surface area (Å²) in [6.07, 6.45) is 30.0. The number of nitrogens with two attached hydrogens (primary N) is 1. The lowest BCUT2D eigenvalue weighted by Gasteiger charge is -2.19. The van der Waals surface area contributed by atoms with Crippen LogP contribution in [0.2, 0.25) is 0 Å². The van der Waals surface area contributed by atoms with Gasteiger partial charge in [-0.1, -0.05) is 129 Å². The molecule has 3 heteroatoms. The van der Waals surface area contributed by atoms with Gasteiger partial charge >= 0.3 is 0 Å². The highest BCUT2D eigenvalue weighted by Gasteiger charge is 2.14. The molecule has 1 aliphatic rings. The molecule has 0 aromatic carbocycles. The van der Waals surface area contributed by atoms with E-state index in [2.05, 4.69) is 16.8 Å². The van der Waals surface area contributed by atoms with E-state index in [1.165, 1.54) is 141 Å². The molecule has 0 bridgehead atoms. The normalized spacial score (nSPS) is 13.9. The maximum Gasteiger partial charge on any atom is 0.0990 e. The molecular weight excluding hydrogens is 366 g/mol. The van der Waals surface area contributed by atoms with Crippen LogP contribution < -0.4 is 5.73 Å². The summed E-state index contributed by atoms with van der Waals surface area (Å²) in [5, 5.41) is 0. The fourth-order valence-corrected chi connectivity index (χ4v) is 4.70. The Hall–Kier alpha value is -0.570. The van der Waals surface area contributed by atoms with Crippen molar-refractivity contribution in [1.82, 2.24) is 4.90 Å². The Morgan fingerprint density at radius 2 is 1.03 bits per heavy atom. The summed E-state index contributed by atoms with van der Waals surface area (Å²) in [5.41, 5.74) is 5.68. The van der Waals surface area contributed by atoms with Gasteiger partial charge in [0.1, 0.15) is 0 Å². The fourth-order valence-electron chi connectivity index (χ4n) is 4.70. The van der Waals surface area contributed by atoms with E-state index in [9.17, 15) is 0 Å². The molecule has 2 N–H and O–H groups in total. The van der Waals surface area contributed by atoms with E-state index in [1.807, 2.05) is 0 Å². The minimum absolute atomic E-state index is 0.748. The lowest BCUT2D eigenvalue weighted by molar-refractivity contribution is 0.455. The standard InChI is InChI=1S/C27H55N3/c1-2-3-4-5-6-7-8-9-10-11-12-13-14-15-16-17-18-19-20-21-22-27-29-24-26-30(27)25-23-28/h2-26,28H2,1H3. The zero-order valence-electron chi connectivity index (χ0n) is 20.6. The van der Waals surface area contributed by atoms with Crippen LogP contribution in [0.25, 0.3) is 0 Å². The minimum Gasteiger partial charge on any atom is -0.357 e. The average molecular weight is 422 g/mol. The van der Waals surface area contributed by atoms with Crippen LogP contribution in [0.5, 0.6) is 0 Å². The van der Waals surface area contributed by atoms with Crippen molar-refractivity contribution in [3.8, 4) is 0 Å². The summed E-state index contributed by atoms with van der Waals surface area (Å²) in [6, 6.07) is 0. The molecule has 1 aliphatic heterocycles. The third-order valence-corrected chi connectivity index (χ3v) is 6.68. The molecule has 178 valence electrons. The summed E-state index contributed by atoms with van der Waals surface area (Å²) in [7, 11) is 0. The summed E-state index contributed by atoms with van der Waals surface area (Å²) in [6.45, 7) is 6.10. The van der Waals surface area contributed by atoms with E-state index < -0.39 is 0 Å². The van der Waals surface area contributed by atoms with Gasteiger partial charge in [0, 0.05) is 26.1 Å². The first-order chi connectivity index (χ1) is 14.9. The molecule has 0 aromatic heterocycles. The molecule has 0 fully saturated rings. The van der Waals surface area contributed by atoms with Crippen molar-refractivity contribution in [3.63, 3.8) is 0 Å². The summed E-state index contributed by atoms with van der Waals surface area (Å²) in [4.78, 5) is 7.03. The van der Waals surface area contributed by atoms with Gasteiger partial charge in [-0.2, -0.15) is 0 Å². The lowest BCUT2D eigenvalue weighted by atomic mass is 10.0. The molecule has 0 saturated carbocycles. The van der Waals surface area contributed by atoms with Crippen molar-refractivity contribution in [2.75, 3.05) is 26.2 Å². The topological polar surface area (TPSA) is 41.6 Å². The van der Waals surface area contributed by atoms with E-state index in [1.54, 1.807) is 0 Å². The predicted octanol–water partition coefficient (Wildman–Crippen LogP) is 7.87. The molecular formula is C27H55N3. The largest absolute Gasteiger partial charge is 0.357 e. The van der Waals surface area contributed by atoms with Crippen molar-refractivity contribution in [3.05, 3.63) is 0 Å². The highest BCUT2D eigenvalue weighted by atomic mass is 15.2. The van der Waals surface area contributed by atoms with E-state index in [0.717, 1.165) is 26.2 Å². The molecule has 0 saturated heterocycles. The maximum absolute atomic E-state index is 5.68. The molecule has 0 radical (unpaired) electrons. The van der Waals surface area contributed by atoms with E-state index in [4.69, 9.17) is 5.73 Å².